The lowest BCUT2D eigenvalue weighted by Gasteiger charge is -2.48. The zero-order valence-corrected chi connectivity index (χ0v) is 15.6. The number of carbonyl (C=O) groups excluding carboxylic acids is 1. The summed E-state index contributed by atoms with van der Waals surface area (Å²) in [6, 6.07) is 8.96. The maximum atomic E-state index is 13.0. The van der Waals surface area contributed by atoms with E-state index in [2.05, 4.69) is 43.0 Å². The quantitative estimate of drug-likeness (QED) is 0.817. The average Bonchev–Trinajstić information content (AvgIpc) is 2.59. The Hall–Kier alpha value is -1.35. The minimum absolute atomic E-state index is 0.284. The van der Waals surface area contributed by atoms with Crippen LogP contribution >= 0.6 is 0 Å². The third-order valence-electron chi connectivity index (χ3n) is 6.74. The molecule has 0 radical (unpaired) electrons. The maximum absolute atomic E-state index is 13.0. The third kappa shape index (κ3) is 3.48. The summed E-state index contributed by atoms with van der Waals surface area (Å²) < 4.78 is 5.63. The lowest BCUT2D eigenvalue weighted by atomic mass is 9.71. The molecule has 1 aliphatic carbocycles. The first kappa shape index (κ1) is 17.1. The number of likely N-dealkylation sites (tertiary alicyclic amines) is 1. The zero-order valence-electron chi connectivity index (χ0n) is 15.6. The molecule has 0 bridgehead atoms. The monoisotopic (exact) mass is 341 g/mol. The zero-order chi connectivity index (χ0) is 17.4. The van der Waals surface area contributed by atoms with Gasteiger partial charge in [0.1, 0.15) is 0 Å². The Morgan fingerprint density at radius 1 is 1.24 bits per heavy atom. The summed E-state index contributed by atoms with van der Waals surface area (Å²) in [5.41, 5.74) is 2.59. The van der Waals surface area contributed by atoms with Crippen LogP contribution in [0.3, 0.4) is 0 Å². The van der Waals surface area contributed by atoms with E-state index in [4.69, 9.17) is 4.74 Å². The Kier molecular flexibility index (Phi) is 4.86. The molecular formula is C22H31NO2. The number of hydrogen-bond donors (Lipinski definition) is 0. The van der Waals surface area contributed by atoms with E-state index in [1.54, 1.807) is 0 Å². The number of amides is 1. The molecule has 3 nitrogen and oxygen atoms in total. The van der Waals surface area contributed by atoms with Gasteiger partial charge in [0.15, 0.2) is 0 Å². The van der Waals surface area contributed by atoms with Gasteiger partial charge in [-0.15, -0.1) is 0 Å². The number of benzene rings is 1. The van der Waals surface area contributed by atoms with E-state index in [0.717, 1.165) is 38.0 Å². The summed E-state index contributed by atoms with van der Waals surface area (Å²) in [4.78, 5) is 15.1. The maximum Gasteiger partial charge on any atom is 0.223 e. The first-order valence-electron chi connectivity index (χ1n) is 10.1. The van der Waals surface area contributed by atoms with Crippen molar-refractivity contribution in [2.75, 3.05) is 19.8 Å². The van der Waals surface area contributed by atoms with E-state index >= 15 is 0 Å². The van der Waals surface area contributed by atoms with Crippen LogP contribution in [-0.4, -0.2) is 30.6 Å². The van der Waals surface area contributed by atoms with Crippen molar-refractivity contribution < 1.29 is 9.53 Å². The minimum atomic E-state index is 0.284. The molecular weight excluding hydrogens is 310 g/mol. The van der Waals surface area contributed by atoms with Crippen LogP contribution in [0.15, 0.2) is 24.3 Å². The summed E-state index contributed by atoms with van der Waals surface area (Å²) in [6.45, 7) is 7.19. The predicted molar refractivity (Wildman–Crippen MR) is 99.2 cm³/mol. The van der Waals surface area contributed by atoms with Crippen LogP contribution in [0.25, 0.3) is 0 Å². The van der Waals surface area contributed by atoms with E-state index < -0.39 is 0 Å². The molecule has 1 amide bonds. The molecule has 3 heteroatoms. The number of rotatable bonds is 3. The Labute approximate surface area is 151 Å². The van der Waals surface area contributed by atoms with Gasteiger partial charge in [-0.25, -0.2) is 0 Å². The van der Waals surface area contributed by atoms with Crippen LogP contribution in [0.2, 0.25) is 0 Å². The lowest BCUT2D eigenvalue weighted by Crippen LogP contribution is -2.52. The molecule has 1 saturated carbocycles. The van der Waals surface area contributed by atoms with Gasteiger partial charge in [-0.05, 0) is 61.8 Å². The molecule has 1 aromatic carbocycles. The topological polar surface area (TPSA) is 29.5 Å². The number of aryl methyl sites for hydroxylation is 1. The molecule has 4 rings (SSSR count). The number of ether oxygens (including phenoxy) is 1. The Balaban J connectivity index is 1.38. The van der Waals surface area contributed by atoms with Crippen LogP contribution in [0.4, 0.5) is 0 Å². The van der Waals surface area contributed by atoms with Gasteiger partial charge in [0, 0.05) is 26.2 Å². The Morgan fingerprint density at radius 3 is 2.92 bits per heavy atom. The normalized spacial score (nSPS) is 35.0. The second-order valence-corrected chi connectivity index (χ2v) is 8.65. The van der Waals surface area contributed by atoms with Crippen LogP contribution in [0.5, 0.6) is 0 Å². The fourth-order valence-electron chi connectivity index (χ4n) is 5.33. The van der Waals surface area contributed by atoms with Gasteiger partial charge >= 0.3 is 0 Å². The number of nitrogens with zero attached hydrogens (tertiary/aromatic N) is 1. The third-order valence-corrected chi connectivity index (χ3v) is 6.74. The van der Waals surface area contributed by atoms with Crippen molar-refractivity contribution in [3.05, 3.63) is 35.4 Å². The fraction of sp³-hybridized carbons (Fsp3) is 0.682. The van der Waals surface area contributed by atoms with Gasteiger partial charge < -0.3 is 9.64 Å². The van der Waals surface area contributed by atoms with Crippen molar-refractivity contribution in [1.82, 2.24) is 4.90 Å². The van der Waals surface area contributed by atoms with Crippen molar-refractivity contribution in [2.24, 2.45) is 23.7 Å². The summed E-state index contributed by atoms with van der Waals surface area (Å²) in [5, 5.41) is 0. The molecule has 136 valence electrons. The molecule has 1 aromatic rings. The lowest BCUT2D eigenvalue weighted by molar-refractivity contribution is -0.145. The van der Waals surface area contributed by atoms with Crippen LogP contribution in [0.1, 0.15) is 56.2 Å². The number of fused-ring (bicyclic) bond motifs is 1. The molecule has 2 saturated heterocycles. The fourth-order valence-corrected chi connectivity index (χ4v) is 5.33. The van der Waals surface area contributed by atoms with Crippen LogP contribution < -0.4 is 0 Å². The van der Waals surface area contributed by atoms with Crippen molar-refractivity contribution >= 4 is 5.91 Å². The first-order valence-corrected chi connectivity index (χ1v) is 10.1. The van der Waals surface area contributed by atoms with Crippen LogP contribution in [0, 0.1) is 30.6 Å². The molecule has 5 unspecified atom stereocenters. The summed E-state index contributed by atoms with van der Waals surface area (Å²) in [6.07, 6.45) is 5.63. The van der Waals surface area contributed by atoms with E-state index in [-0.39, 0.29) is 6.04 Å². The van der Waals surface area contributed by atoms with Gasteiger partial charge in [0.05, 0.1) is 6.04 Å². The molecule has 2 aliphatic heterocycles. The second kappa shape index (κ2) is 7.11. The van der Waals surface area contributed by atoms with E-state index in [1.165, 1.54) is 36.8 Å². The molecule has 3 fully saturated rings. The van der Waals surface area contributed by atoms with Gasteiger partial charge in [0.2, 0.25) is 5.91 Å². The molecule has 25 heavy (non-hydrogen) atoms. The van der Waals surface area contributed by atoms with Gasteiger partial charge in [-0.2, -0.15) is 0 Å². The molecule has 5 atom stereocenters. The summed E-state index contributed by atoms with van der Waals surface area (Å²) in [7, 11) is 0. The molecule has 0 aromatic heterocycles. The molecule has 0 spiro atoms. The highest BCUT2D eigenvalue weighted by Crippen LogP contribution is 2.42. The molecule has 0 N–H and O–H groups in total. The minimum Gasteiger partial charge on any atom is -0.381 e. The van der Waals surface area contributed by atoms with Gasteiger partial charge in [-0.1, -0.05) is 36.8 Å². The first-order chi connectivity index (χ1) is 12.1. The summed E-state index contributed by atoms with van der Waals surface area (Å²) in [5.74, 6) is 3.07. The van der Waals surface area contributed by atoms with Crippen molar-refractivity contribution in [3.63, 3.8) is 0 Å². The van der Waals surface area contributed by atoms with Crippen molar-refractivity contribution in [1.29, 1.82) is 0 Å². The molecule has 3 aliphatic rings. The Bertz CT molecular complexity index is 628. The van der Waals surface area contributed by atoms with E-state index in [1.807, 2.05) is 0 Å². The largest absolute Gasteiger partial charge is 0.381 e. The highest BCUT2D eigenvalue weighted by Gasteiger charge is 2.41. The smallest absolute Gasteiger partial charge is 0.223 e. The Morgan fingerprint density at radius 2 is 2.12 bits per heavy atom. The molecule has 2 heterocycles. The van der Waals surface area contributed by atoms with Gasteiger partial charge in [-0.3, -0.25) is 4.79 Å². The van der Waals surface area contributed by atoms with Gasteiger partial charge in [0.25, 0.3) is 0 Å². The highest BCUT2D eigenvalue weighted by atomic mass is 16.5. The predicted octanol–water partition coefficient (Wildman–Crippen LogP) is 4.36. The highest BCUT2D eigenvalue weighted by molar-refractivity contribution is 5.78. The standard InChI is InChI=1S/C22H31NO2/c1-15-4-3-5-19(10-15)22-16(2)13-23(22)21(24)12-17-6-7-20-14-25-9-8-18(20)11-17/h3-5,10,16-18,20,22H,6-9,11-14H2,1-2H3. The van der Waals surface area contributed by atoms with Crippen molar-refractivity contribution in [2.45, 2.75) is 52.0 Å². The SMILES string of the molecule is Cc1cccc(C2C(C)CN2C(=O)CC2CCC3COCCC3C2)c1. The van der Waals surface area contributed by atoms with Crippen molar-refractivity contribution in [3.8, 4) is 0 Å². The number of hydrogen-bond acceptors (Lipinski definition) is 2. The van der Waals surface area contributed by atoms with E-state index in [9.17, 15) is 4.79 Å². The van der Waals surface area contributed by atoms with E-state index in [0.29, 0.717) is 17.7 Å². The average molecular weight is 341 g/mol. The van der Waals surface area contributed by atoms with Crippen LogP contribution in [-0.2, 0) is 9.53 Å². The summed E-state index contributed by atoms with van der Waals surface area (Å²) >= 11 is 0. The second-order valence-electron chi connectivity index (χ2n) is 8.65. The number of carbonyl (C=O) groups is 1.